The Morgan fingerprint density at radius 1 is 1.00 bits per heavy atom. The molecule has 0 aliphatic heterocycles. The van der Waals surface area contributed by atoms with E-state index in [1.165, 1.54) is 57.7 Å². The van der Waals surface area contributed by atoms with Crippen LogP contribution in [-0.4, -0.2) is 31.6 Å². The fourth-order valence-corrected chi connectivity index (χ4v) is 6.92. The summed E-state index contributed by atoms with van der Waals surface area (Å²) in [6, 6.07) is 22.2. The largest absolute Gasteiger partial charge is 0.496 e. The van der Waals surface area contributed by atoms with E-state index in [1.54, 1.807) is 12.0 Å². The summed E-state index contributed by atoms with van der Waals surface area (Å²) < 4.78 is 7.08. The van der Waals surface area contributed by atoms with Gasteiger partial charge in [-0.05, 0) is 92.3 Å². The van der Waals surface area contributed by atoms with Gasteiger partial charge in [-0.25, -0.2) is 0 Å². The molecule has 178 valence electrons. The van der Waals surface area contributed by atoms with E-state index in [2.05, 4.69) is 84.7 Å². The van der Waals surface area contributed by atoms with Crippen LogP contribution in [0.2, 0.25) is 0 Å². The quantitative estimate of drug-likeness (QED) is 0.233. The summed E-state index contributed by atoms with van der Waals surface area (Å²) in [7, 11) is 1.79. The molecule has 0 bridgehead atoms. The molecule has 1 heterocycles. The van der Waals surface area contributed by atoms with Crippen LogP contribution in [0, 0.1) is 6.92 Å². The lowest BCUT2D eigenvalue weighted by molar-refractivity contribution is 0.166. The van der Waals surface area contributed by atoms with Gasteiger partial charge in [0.15, 0.2) is 0 Å². The summed E-state index contributed by atoms with van der Waals surface area (Å²) >= 11 is 1.98. The summed E-state index contributed by atoms with van der Waals surface area (Å²) in [5, 5.41) is 7.44. The summed E-state index contributed by atoms with van der Waals surface area (Å²) in [5.41, 5.74) is 2.97. The van der Waals surface area contributed by atoms with Gasteiger partial charge in [-0.3, -0.25) is 4.90 Å². The first-order chi connectivity index (χ1) is 16.7. The molecule has 1 saturated carbocycles. The third-order valence-corrected chi connectivity index (χ3v) is 8.81. The predicted molar refractivity (Wildman–Crippen MR) is 146 cm³/mol. The third kappa shape index (κ3) is 4.47. The van der Waals surface area contributed by atoms with Gasteiger partial charge in [-0.2, -0.15) is 0 Å². The molecule has 3 aromatic carbocycles. The zero-order valence-corrected chi connectivity index (χ0v) is 21.5. The molecule has 0 radical (unpaired) electrons. The molecule has 0 atom stereocenters. The molecule has 4 heteroatoms. The minimum Gasteiger partial charge on any atom is -0.496 e. The van der Waals surface area contributed by atoms with Gasteiger partial charge >= 0.3 is 0 Å². The molecule has 0 spiro atoms. The van der Waals surface area contributed by atoms with Crippen LogP contribution < -0.4 is 10.1 Å². The lowest BCUT2D eigenvalue weighted by Gasteiger charge is -2.32. The predicted octanol–water partition coefficient (Wildman–Crippen LogP) is 7.25. The second-order valence-corrected chi connectivity index (χ2v) is 10.6. The summed E-state index contributed by atoms with van der Waals surface area (Å²) in [4.78, 5) is 4.33. The maximum absolute atomic E-state index is 5.74. The number of hydrogen-bond donors (Lipinski definition) is 1. The standard InChI is InChI=1S/C30H36N2OS/c1-4-31-18-7-8-19-32(21-23-14-15-24-10-5-6-11-25(24)20-23)30(16-17-30)29-22(2)28-26(33-3)12-9-13-27(28)34-29/h5-6,9-15,20,31H,4,7-8,16-19,21H2,1-3H3. The summed E-state index contributed by atoms with van der Waals surface area (Å²) in [5.74, 6) is 1.00. The van der Waals surface area contributed by atoms with E-state index in [-0.39, 0.29) is 5.54 Å². The zero-order valence-electron chi connectivity index (χ0n) is 20.7. The van der Waals surface area contributed by atoms with Crippen LogP contribution in [0.4, 0.5) is 0 Å². The van der Waals surface area contributed by atoms with Crippen molar-refractivity contribution < 1.29 is 4.74 Å². The molecular formula is C30H36N2OS. The fourth-order valence-electron chi connectivity index (χ4n) is 5.42. The molecule has 1 N–H and O–H groups in total. The smallest absolute Gasteiger partial charge is 0.127 e. The third-order valence-electron chi connectivity index (χ3n) is 7.36. The number of ether oxygens (including phenoxy) is 1. The van der Waals surface area contributed by atoms with Crippen LogP contribution in [0.1, 0.15) is 48.6 Å². The highest BCUT2D eigenvalue weighted by molar-refractivity contribution is 7.19. The molecule has 4 aromatic rings. The number of unbranched alkanes of at least 4 members (excludes halogenated alkanes) is 1. The average molecular weight is 473 g/mol. The van der Waals surface area contributed by atoms with Crippen molar-refractivity contribution in [1.29, 1.82) is 0 Å². The Morgan fingerprint density at radius 3 is 2.59 bits per heavy atom. The van der Waals surface area contributed by atoms with Crippen LogP contribution in [0.25, 0.3) is 20.9 Å². The van der Waals surface area contributed by atoms with Gasteiger partial charge in [0.25, 0.3) is 0 Å². The Balaban J connectivity index is 1.47. The Morgan fingerprint density at radius 2 is 1.82 bits per heavy atom. The number of fused-ring (bicyclic) bond motifs is 2. The van der Waals surface area contributed by atoms with Gasteiger partial charge in [0.05, 0.1) is 12.6 Å². The lowest BCUT2D eigenvalue weighted by atomic mass is 10.0. The highest BCUT2D eigenvalue weighted by atomic mass is 32.1. The number of hydrogen-bond acceptors (Lipinski definition) is 4. The van der Waals surface area contributed by atoms with Crippen LogP contribution in [-0.2, 0) is 12.1 Å². The number of rotatable bonds is 11. The number of thiophene rings is 1. The number of benzene rings is 3. The van der Waals surface area contributed by atoms with E-state index in [4.69, 9.17) is 4.74 Å². The van der Waals surface area contributed by atoms with Crippen molar-refractivity contribution >= 4 is 32.2 Å². The van der Waals surface area contributed by atoms with Gasteiger partial charge in [0.2, 0.25) is 0 Å². The van der Waals surface area contributed by atoms with E-state index in [0.717, 1.165) is 31.9 Å². The molecule has 34 heavy (non-hydrogen) atoms. The molecule has 0 saturated heterocycles. The van der Waals surface area contributed by atoms with Crippen LogP contribution >= 0.6 is 11.3 Å². The zero-order chi connectivity index (χ0) is 23.5. The molecular weight excluding hydrogens is 436 g/mol. The van der Waals surface area contributed by atoms with Gasteiger partial charge in [-0.1, -0.05) is 49.4 Å². The minimum atomic E-state index is 0.155. The van der Waals surface area contributed by atoms with Crippen molar-refractivity contribution in [2.24, 2.45) is 0 Å². The van der Waals surface area contributed by atoms with E-state index in [1.807, 2.05) is 11.3 Å². The van der Waals surface area contributed by atoms with E-state index in [0.29, 0.717) is 0 Å². The molecule has 1 fully saturated rings. The van der Waals surface area contributed by atoms with Crippen molar-refractivity contribution in [3.63, 3.8) is 0 Å². The minimum absolute atomic E-state index is 0.155. The molecule has 1 aliphatic carbocycles. The van der Waals surface area contributed by atoms with Gasteiger partial charge in [0.1, 0.15) is 5.75 Å². The van der Waals surface area contributed by atoms with E-state index < -0.39 is 0 Å². The Labute approximate surface area is 207 Å². The van der Waals surface area contributed by atoms with E-state index >= 15 is 0 Å². The average Bonchev–Trinajstić information content (AvgIpc) is 3.60. The van der Waals surface area contributed by atoms with Crippen molar-refractivity contribution in [2.75, 3.05) is 26.7 Å². The van der Waals surface area contributed by atoms with Crippen LogP contribution in [0.15, 0.2) is 60.7 Å². The maximum Gasteiger partial charge on any atom is 0.127 e. The van der Waals surface area contributed by atoms with E-state index in [9.17, 15) is 0 Å². The fraction of sp³-hybridized carbons (Fsp3) is 0.400. The van der Waals surface area contributed by atoms with Crippen LogP contribution in [0.5, 0.6) is 5.75 Å². The van der Waals surface area contributed by atoms with Crippen molar-refractivity contribution in [3.05, 3.63) is 76.7 Å². The van der Waals surface area contributed by atoms with Crippen LogP contribution in [0.3, 0.4) is 0 Å². The number of aryl methyl sites for hydroxylation is 1. The Bertz CT molecular complexity index is 1270. The highest BCUT2D eigenvalue weighted by Crippen LogP contribution is 2.57. The molecule has 5 rings (SSSR count). The molecule has 1 aromatic heterocycles. The Kier molecular flexibility index (Phi) is 6.91. The van der Waals surface area contributed by atoms with Gasteiger partial charge in [-0.15, -0.1) is 11.3 Å². The van der Waals surface area contributed by atoms with Gasteiger partial charge < -0.3 is 10.1 Å². The number of nitrogens with zero attached hydrogens (tertiary/aromatic N) is 1. The summed E-state index contributed by atoms with van der Waals surface area (Å²) in [6.07, 6.45) is 4.92. The van der Waals surface area contributed by atoms with Gasteiger partial charge in [0, 0.05) is 21.5 Å². The number of nitrogens with one attached hydrogen (secondary N) is 1. The first-order valence-electron chi connectivity index (χ1n) is 12.7. The second kappa shape index (κ2) is 10.1. The molecule has 3 nitrogen and oxygen atoms in total. The second-order valence-electron chi connectivity index (χ2n) is 9.58. The molecule has 0 unspecified atom stereocenters. The number of methoxy groups -OCH3 is 1. The maximum atomic E-state index is 5.74. The SMILES string of the molecule is CCNCCCCN(Cc1ccc2ccccc2c1)C1(c2sc3cccc(OC)c3c2C)CC1. The Hall–Kier alpha value is -2.40. The first kappa shape index (κ1) is 23.3. The normalized spacial score (nSPS) is 14.8. The monoisotopic (exact) mass is 472 g/mol. The highest BCUT2D eigenvalue weighted by Gasteiger charge is 2.51. The lowest BCUT2D eigenvalue weighted by Crippen LogP contribution is -2.36. The van der Waals surface area contributed by atoms with Crippen molar-refractivity contribution in [2.45, 2.75) is 51.6 Å². The molecule has 0 amide bonds. The topological polar surface area (TPSA) is 24.5 Å². The molecule has 1 aliphatic rings. The van der Waals surface area contributed by atoms with Crippen molar-refractivity contribution in [3.8, 4) is 5.75 Å². The summed E-state index contributed by atoms with van der Waals surface area (Å²) in [6.45, 7) is 8.76. The van der Waals surface area contributed by atoms with Crippen molar-refractivity contribution in [1.82, 2.24) is 10.2 Å². The first-order valence-corrected chi connectivity index (χ1v) is 13.5.